The van der Waals surface area contributed by atoms with Gasteiger partial charge in [0, 0.05) is 24.3 Å². The third kappa shape index (κ3) is 4.49. The number of benzene rings is 3. The van der Waals surface area contributed by atoms with E-state index in [0.717, 1.165) is 35.7 Å². The Morgan fingerprint density at radius 3 is 1.68 bits per heavy atom. The Hall–Kier alpha value is -3.33. The van der Waals surface area contributed by atoms with Crippen molar-refractivity contribution in [3.63, 3.8) is 0 Å². The van der Waals surface area contributed by atoms with Gasteiger partial charge in [-0.05, 0) is 56.3 Å². The quantitative estimate of drug-likeness (QED) is 0.345. The molecule has 0 spiro atoms. The Morgan fingerprint density at radius 2 is 1.25 bits per heavy atom. The van der Waals surface area contributed by atoms with Crippen molar-refractivity contribution in [3.8, 4) is 0 Å². The lowest BCUT2D eigenvalue weighted by molar-refractivity contribution is 0.866. The molecule has 0 unspecified atom stereocenters. The molecule has 0 aliphatic rings. The van der Waals surface area contributed by atoms with E-state index in [2.05, 4.69) is 73.9 Å². The minimum Gasteiger partial charge on any atom is -0.372 e. The Bertz CT molecular complexity index is 856. The Labute approximate surface area is 168 Å². The van der Waals surface area contributed by atoms with Crippen LogP contribution < -0.4 is 9.91 Å². The van der Waals surface area contributed by atoms with Crippen molar-refractivity contribution in [2.75, 3.05) is 23.0 Å². The highest BCUT2D eigenvalue weighted by molar-refractivity contribution is 6.09. The molecule has 0 saturated carbocycles. The highest BCUT2D eigenvalue weighted by atomic mass is 15.5. The smallest absolute Gasteiger partial charge is 0.0906 e. The van der Waals surface area contributed by atoms with Crippen LogP contribution >= 0.6 is 0 Å². The largest absolute Gasteiger partial charge is 0.372 e. The van der Waals surface area contributed by atoms with E-state index in [9.17, 15) is 0 Å². The normalized spacial score (nSPS) is 11.1. The van der Waals surface area contributed by atoms with E-state index in [1.54, 1.807) is 0 Å². The highest BCUT2D eigenvalue weighted by Crippen LogP contribution is 2.26. The van der Waals surface area contributed by atoms with Crippen molar-refractivity contribution < 1.29 is 0 Å². The van der Waals surface area contributed by atoms with E-state index in [1.165, 1.54) is 5.69 Å². The Morgan fingerprint density at radius 1 is 0.750 bits per heavy atom. The van der Waals surface area contributed by atoms with Crippen LogP contribution in [-0.2, 0) is 0 Å². The number of allylic oxidation sites excluding steroid dienone is 1. The van der Waals surface area contributed by atoms with Crippen LogP contribution in [0.3, 0.4) is 0 Å². The monoisotopic (exact) mass is 369 g/mol. The van der Waals surface area contributed by atoms with Crippen molar-refractivity contribution >= 4 is 22.8 Å². The first-order valence-electron chi connectivity index (χ1n) is 9.73. The van der Waals surface area contributed by atoms with Crippen LogP contribution in [-0.4, -0.2) is 18.8 Å². The van der Waals surface area contributed by atoms with E-state index in [1.807, 2.05) is 47.5 Å². The van der Waals surface area contributed by atoms with Gasteiger partial charge in [0.05, 0.1) is 17.1 Å². The molecule has 3 aromatic carbocycles. The molecule has 0 bridgehead atoms. The van der Waals surface area contributed by atoms with Crippen LogP contribution in [0, 0.1) is 0 Å². The van der Waals surface area contributed by atoms with Gasteiger partial charge in [-0.15, -0.1) is 0 Å². The second-order valence-electron chi connectivity index (χ2n) is 6.39. The molecule has 142 valence electrons. The van der Waals surface area contributed by atoms with Gasteiger partial charge in [-0.1, -0.05) is 55.1 Å². The van der Waals surface area contributed by atoms with Crippen LogP contribution in [0.1, 0.15) is 19.4 Å². The number of para-hydroxylation sites is 2. The summed E-state index contributed by atoms with van der Waals surface area (Å²) in [5.74, 6) is 0. The number of rotatable bonds is 8. The summed E-state index contributed by atoms with van der Waals surface area (Å²) in [6.45, 7) is 10.3. The molecule has 0 radical (unpaired) electrons. The van der Waals surface area contributed by atoms with Crippen LogP contribution in [0.5, 0.6) is 0 Å². The molecule has 0 aliphatic heterocycles. The second-order valence-corrected chi connectivity index (χ2v) is 6.39. The molecule has 3 nitrogen and oxygen atoms in total. The van der Waals surface area contributed by atoms with Crippen molar-refractivity contribution in [1.82, 2.24) is 0 Å². The third-order valence-corrected chi connectivity index (χ3v) is 4.69. The topological polar surface area (TPSA) is 18.8 Å². The zero-order chi connectivity index (χ0) is 19.8. The SMILES string of the molecule is C=CC(=NN(c1ccccc1)c1ccccc1)c1ccc(N(CC)CC)cc1. The summed E-state index contributed by atoms with van der Waals surface area (Å²) in [5, 5.41) is 6.89. The predicted molar refractivity (Wildman–Crippen MR) is 122 cm³/mol. The van der Waals surface area contributed by atoms with Crippen LogP contribution in [0.25, 0.3) is 0 Å². The molecule has 0 amide bonds. The van der Waals surface area contributed by atoms with Gasteiger partial charge in [0.25, 0.3) is 0 Å². The molecule has 3 heteroatoms. The van der Waals surface area contributed by atoms with Gasteiger partial charge in [0.15, 0.2) is 0 Å². The van der Waals surface area contributed by atoms with E-state index < -0.39 is 0 Å². The zero-order valence-electron chi connectivity index (χ0n) is 16.6. The average molecular weight is 370 g/mol. The molecule has 0 N–H and O–H groups in total. The highest BCUT2D eigenvalue weighted by Gasteiger charge is 2.10. The zero-order valence-corrected chi connectivity index (χ0v) is 16.6. The van der Waals surface area contributed by atoms with Gasteiger partial charge in [-0.3, -0.25) is 0 Å². The van der Waals surface area contributed by atoms with Crippen molar-refractivity contribution in [2.45, 2.75) is 13.8 Å². The van der Waals surface area contributed by atoms with Crippen molar-refractivity contribution in [1.29, 1.82) is 0 Å². The van der Waals surface area contributed by atoms with Crippen LogP contribution in [0.2, 0.25) is 0 Å². The molecule has 0 heterocycles. The lowest BCUT2D eigenvalue weighted by atomic mass is 10.1. The summed E-state index contributed by atoms with van der Waals surface area (Å²) < 4.78 is 0. The summed E-state index contributed by atoms with van der Waals surface area (Å²) in [4.78, 5) is 2.33. The first-order chi connectivity index (χ1) is 13.8. The summed E-state index contributed by atoms with van der Waals surface area (Å²) in [7, 11) is 0. The fourth-order valence-electron chi connectivity index (χ4n) is 3.16. The van der Waals surface area contributed by atoms with Gasteiger partial charge in [-0.25, -0.2) is 5.01 Å². The molecular weight excluding hydrogens is 342 g/mol. The molecule has 0 fully saturated rings. The predicted octanol–water partition coefficient (Wildman–Crippen LogP) is 6.26. The first-order valence-corrected chi connectivity index (χ1v) is 9.73. The minimum absolute atomic E-state index is 0.832. The lowest BCUT2D eigenvalue weighted by Crippen LogP contribution is -2.21. The third-order valence-electron chi connectivity index (χ3n) is 4.69. The number of hydrogen-bond donors (Lipinski definition) is 0. The van der Waals surface area contributed by atoms with Crippen LogP contribution in [0.15, 0.2) is 103 Å². The summed E-state index contributed by atoms with van der Waals surface area (Å²) in [6.07, 6.45) is 1.81. The molecule has 28 heavy (non-hydrogen) atoms. The molecular formula is C25H27N3. The van der Waals surface area contributed by atoms with Crippen molar-refractivity contribution in [2.24, 2.45) is 5.10 Å². The number of hydrogen-bond acceptors (Lipinski definition) is 3. The van der Waals surface area contributed by atoms with E-state index in [-0.39, 0.29) is 0 Å². The maximum atomic E-state index is 4.94. The molecule has 3 aromatic rings. The molecule has 0 atom stereocenters. The Balaban J connectivity index is 1.99. The maximum Gasteiger partial charge on any atom is 0.0906 e. The molecule has 0 aliphatic carbocycles. The van der Waals surface area contributed by atoms with Gasteiger partial charge in [-0.2, -0.15) is 5.10 Å². The van der Waals surface area contributed by atoms with Gasteiger partial charge < -0.3 is 4.90 Å². The number of anilines is 3. The minimum atomic E-state index is 0.832. The Kier molecular flexibility index (Phi) is 6.64. The van der Waals surface area contributed by atoms with Crippen LogP contribution in [0.4, 0.5) is 17.1 Å². The maximum absolute atomic E-state index is 4.94. The number of nitrogens with zero attached hydrogens (tertiary/aromatic N) is 3. The van der Waals surface area contributed by atoms with Gasteiger partial charge in [0.1, 0.15) is 0 Å². The molecule has 0 saturated heterocycles. The fourth-order valence-corrected chi connectivity index (χ4v) is 3.16. The molecule has 3 rings (SSSR count). The molecule has 0 aromatic heterocycles. The average Bonchev–Trinajstić information content (AvgIpc) is 2.77. The van der Waals surface area contributed by atoms with E-state index in [4.69, 9.17) is 5.10 Å². The van der Waals surface area contributed by atoms with Gasteiger partial charge >= 0.3 is 0 Å². The number of hydrazone groups is 1. The van der Waals surface area contributed by atoms with E-state index >= 15 is 0 Å². The summed E-state index contributed by atoms with van der Waals surface area (Å²) >= 11 is 0. The second kappa shape index (κ2) is 9.56. The lowest BCUT2D eigenvalue weighted by Gasteiger charge is -2.22. The summed E-state index contributed by atoms with van der Waals surface area (Å²) in [6, 6.07) is 28.9. The summed E-state index contributed by atoms with van der Waals surface area (Å²) in [5.41, 5.74) is 5.11. The van der Waals surface area contributed by atoms with E-state index in [0.29, 0.717) is 0 Å². The van der Waals surface area contributed by atoms with Gasteiger partial charge in [0.2, 0.25) is 0 Å². The standard InChI is InChI=1S/C25H27N3/c1-4-25(21-17-19-22(20-18-21)27(5-2)6-3)26-28(23-13-9-7-10-14-23)24-15-11-8-12-16-24/h4,7-20H,1,5-6H2,2-3H3. The van der Waals surface area contributed by atoms with Crippen molar-refractivity contribution in [3.05, 3.63) is 103 Å². The first kappa shape index (κ1) is 19.4. The fraction of sp³-hybridized carbons (Fsp3) is 0.160.